The van der Waals surface area contributed by atoms with E-state index in [1.807, 2.05) is 36.9 Å². The van der Waals surface area contributed by atoms with Gasteiger partial charge in [-0.1, -0.05) is 6.07 Å². The molecule has 1 fully saturated rings. The van der Waals surface area contributed by atoms with E-state index in [-0.39, 0.29) is 11.8 Å². The van der Waals surface area contributed by atoms with Gasteiger partial charge in [0.05, 0.1) is 14.2 Å². The van der Waals surface area contributed by atoms with Crippen molar-refractivity contribution in [3.63, 3.8) is 0 Å². The molecule has 6 nitrogen and oxygen atoms in total. The molecular weight excluding hydrogens is 368 g/mol. The van der Waals surface area contributed by atoms with Crippen molar-refractivity contribution in [2.45, 2.75) is 20.3 Å². The first-order valence-corrected chi connectivity index (χ1v) is 9.82. The Bertz CT molecular complexity index is 887. The number of amides is 2. The quantitative estimate of drug-likeness (QED) is 0.796. The van der Waals surface area contributed by atoms with Gasteiger partial charge >= 0.3 is 0 Å². The van der Waals surface area contributed by atoms with E-state index in [1.165, 1.54) is 5.56 Å². The summed E-state index contributed by atoms with van der Waals surface area (Å²) < 4.78 is 10.5. The van der Waals surface area contributed by atoms with Crippen molar-refractivity contribution >= 4 is 11.8 Å². The Kier molecular flexibility index (Phi) is 6.42. The predicted molar refractivity (Wildman–Crippen MR) is 112 cm³/mol. The van der Waals surface area contributed by atoms with E-state index < -0.39 is 0 Å². The van der Waals surface area contributed by atoms with Crippen LogP contribution in [0.3, 0.4) is 0 Å². The Labute approximate surface area is 172 Å². The first-order valence-electron chi connectivity index (χ1n) is 9.82. The van der Waals surface area contributed by atoms with Crippen molar-refractivity contribution in [3.8, 4) is 11.5 Å². The molecule has 3 rings (SSSR count). The number of rotatable bonds is 4. The van der Waals surface area contributed by atoms with Gasteiger partial charge in [-0.05, 0) is 55.7 Å². The highest BCUT2D eigenvalue weighted by Gasteiger charge is 2.24. The van der Waals surface area contributed by atoms with Crippen LogP contribution in [-0.2, 0) is 0 Å². The van der Waals surface area contributed by atoms with Crippen LogP contribution in [0.1, 0.15) is 38.3 Å². The van der Waals surface area contributed by atoms with E-state index in [2.05, 4.69) is 0 Å². The average molecular weight is 396 g/mol. The monoisotopic (exact) mass is 396 g/mol. The zero-order valence-corrected chi connectivity index (χ0v) is 17.5. The van der Waals surface area contributed by atoms with Gasteiger partial charge < -0.3 is 19.3 Å². The number of carbonyl (C=O) groups is 2. The van der Waals surface area contributed by atoms with Gasteiger partial charge in [0, 0.05) is 43.4 Å². The van der Waals surface area contributed by atoms with E-state index in [0.717, 1.165) is 12.0 Å². The van der Waals surface area contributed by atoms with Crippen LogP contribution in [0, 0.1) is 13.8 Å². The molecule has 0 atom stereocenters. The fourth-order valence-electron chi connectivity index (χ4n) is 3.49. The summed E-state index contributed by atoms with van der Waals surface area (Å²) in [7, 11) is 3.12. The van der Waals surface area contributed by atoms with Crippen LogP contribution in [0.2, 0.25) is 0 Å². The number of hydrogen-bond acceptors (Lipinski definition) is 4. The van der Waals surface area contributed by atoms with Crippen LogP contribution < -0.4 is 9.47 Å². The molecule has 0 bridgehead atoms. The lowest BCUT2D eigenvalue weighted by molar-refractivity contribution is 0.0718. The summed E-state index contributed by atoms with van der Waals surface area (Å²) in [6.07, 6.45) is 0.740. The second-order valence-electron chi connectivity index (χ2n) is 7.34. The predicted octanol–water partition coefficient (Wildman–Crippen LogP) is 3.31. The van der Waals surface area contributed by atoms with Gasteiger partial charge in [0.2, 0.25) is 0 Å². The molecule has 0 unspecified atom stereocenters. The Balaban J connectivity index is 1.71. The smallest absolute Gasteiger partial charge is 0.254 e. The Morgan fingerprint density at radius 2 is 1.28 bits per heavy atom. The third-order valence-corrected chi connectivity index (χ3v) is 5.42. The highest BCUT2D eigenvalue weighted by Crippen LogP contribution is 2.24. The first-order chi connectivity index (χ1) is 13.9. The SMILES string of the molecule is COc1cc(OC)cc(C(=O)N2CCCN(C(=O)c3ccc(C)c(C)c3)CC2)c1. The maximum atomic E-state index is 13.0. The maximum Gasteiger partial charge on any atom is 0.254 e. The summed E-state index contributed by atoms with van der Waals surface area (Å²) in [6.45, 7) is 6.30. The summed E-state index contributed by atoms with van der Waals surface area (Å²) in [5.41, 5.74) is 3.50. The third-order valence-electron chi connectivity index (χ3n) is 5.42. The van der Waals surface area contributed by atoms with Crippen molar-refractivity contribution in [1.29, 1.82) is 0 Å². The molecule has 0 aromatic heterocycles. The topological polar surface area (TPSA) is 59.1 Å². The third kappa shape index (κ3) is 4.70. The molecule has 1 aliphatic heterocycles. The molecule has 1 heterocycles. The van der Waals surface area contributed by atoms with Crippen molar-refractivity contribution in [2.24, 2.45) is 0 Å². The van der Waals surface area contributed by atoms with Crippen LogP contribution in [0.15, 0.2) is 36.4 Å². The molecule has 2 aromatic carbocycles. The second-order valence-corrected chi connectivity index (χ2v) is 7.34. The van der Waals surface area contributed by atoms with E-state index in [4.69, 9.17) is 9.47 Å². The first kappa shape index (κ1) is 20.7. The number of benzene rings is 2. The van der Waals surface area contributed by atoms with Crippen LogP contribution in [0.5, 0.6) is 11.5 Å². The Morgan fingerprint density at radius 3 is 1.79 bits per heavy atom. The molecule has 2 amide bonds. The molecule has 6 heteroatoms. The van der Waals surface area contributed by atoms with E-state index >= 15 is 0 Å². The molecule has 0 radical (unpaired) electrons. The molecule has 1 aliphatic rings. The second kappa shape index (κ2) is 8.99. The van der Waals surface area contributed by atoms with Crippen LogP contribution >= 0.6 is 0 Å². The summed E-state index contributed by atoms with van der Waals surface area (Å²) in [6, 6.07) is 11.0. The minimum atomic E-state index is -0.0809. The number of carbonyl (C=O) groups excluding carboxylic acids is 2. The van der Waals surface area contributed by atoms with Gasteiger partial charge in [-0.25, -0.2) is 0 Å². The molecule has 0 aliphatic carbocycles. The largest absolute Gasteiger partial charge is 0.497 e. The van der Waals surface area contributed by atoms with Gasteiger partial charge in [0.1, 0.15) is 11.5 Å². The molecule has 2 aromatic rings. The number of ether oxygens (including phenoxy) is 2. The van der Waals surface area contributed by atoms with Gasteiger partial charge in [-0.3, -0.25) is 9.59 Å². The van der Waals surface area contributed by atoms with E-state index in [1.54, 1.807) is 37.3 Å². The van der Waals surface area contributed by atoms with E-state index in [0.29, 0.717) is 48.8 Å². The molecule has 154 valence electrons. The Morgan fingerprint density at radius 1 is 0.724 bits per heavy atom. The number of hydrogen-bond donors (Lipinski definition) is 0. The summed E-state index contributed by atoms with van der Waals surface area (Å²) in [5, 5.41) is 0. The summed E-state index contributed by atoms with van der Waals surface area (Å²) in [4.78, 5) is 29.6. The standard InChI is InChI=1S/C23H28N2O4/c1-16-6-7-18(12-17(16)2)22(26)24-8-5-9-25(11-10-24)23(27)19-13-20(28-3)15-21(14-19)29-4/h6-7,12-15H,5,8-11H2,1-4H3. The number of nitrogens with zero attached hydrogens (tertiary/aromatic N) is 2. The number of methoxy groups -OCH3 is 2. The van der Waals surface area contributed by atoms with Gasteiger partial charge in [-0.2, -0.15) is 0 Å². The van der Waals surface area contributed by atoms with Gasteiger partial charge in [-0.15, -0.1) is 0 Å². The van der Waals surface area contributed by atoms with Gasteiger partial charge in [0.25, 0.3) is 11.8 Å². The van der Waals surface area contributed by atoms with Crippen molar-refractivity contribution in [3.05, 3.63) is 58.7 Å². The highest BCUT2D eigenvalue weighted by molar-refractivity contribution is 5.96. The fraction of sp³-hybridized carbons (Fsp3) is 0.391. The van der Waals surface area contributed by atoms with E-state index in [9.17, 15) is 9.59 Å². The Hall–Kier alpha value is -3.02. The van der Waals surface area contributed by atoms with Crippen LogP contribution in [0.4, 0.5) is 0 Å². The lowest BCUT2D eigenvalue weighted by atomic mass is 10.1. The number of aryl methyl sites for hydroxylation is 2. The highest BCUT2D eigenvalue weighted by atomic mass is 16.5. The normalized spacial score (nSPS) is 14.3. The molecule has 0 spiro atoms. The summed E-state index contributed by atoms with van der Waals surface area (Å²) >= 11 is 0. The maximum absolute atomic E-state index is 13.0. The minimum Gasteiger partial charge on any atom is -0.497 e. The molecule has 29 heavy (non-hydrogen) atoms. The van der Waals surface area contributed by atoms with Crippen molar-refractivity contribution < 1.29 is 19.1 Å². The fourth-order valence-corrected chi connectivity index (χ4v) is 3.49. The molecule has 0 saturated carbocycles. The zero-order chi connectivity index (χ0) is 21.0. The van der Waals surface area contributed by atoms with Crippen LogP contribution in [0.25, 0.3) is 0 Å². The van der Waals surface area contributed by atoms with Crippen molar-refractivity contribution in [1.82, 2.24) is 9.80 Å². The average Bonchev–Trinajstić information content (AvgIpc) is 3.00. The summed E-state index contributed by atoms with van der Waals surface area (Å²) in [5.74, 6) is 1.09. The molecule has 0 N–H and O–H groups in total. The minimum absolute atomic E-state index is 0.0189. The van der Waals surface area contributed by atoms with Crippen LogP contribution in [-0.4, -0.2) is 62.0 Å². The zero-order valence-electron chi connectivity index (χ0n) is 17.5. The lowest BCUT2D eigenvalue weighted by Gasteiger charge is -2.23. The lowest BCUT2D eigenvalue weighted by Crippen LogP contribution is -2.37. The van der Waals surface area contributed by atoms with Gasteiger partial charge in [0.15, 0.2) is 0 Å². The van der Waals surface area contributed by atoms with Crippen molar-refractivity contribution in [2.75, 3.05) is 40.4 Å². The molecular formula is C23H28N2O4. The molecule has 1 saturated heterocycles.